The first-order valence-electron chi connectivity index (χ1n) is 6.94. The van der Waals surface area contributed by atoms with Gasteiger partial charge in [-0.1, -0.05) is 0 Å². The van der Waals surface area contributed by atoms with Gasteiger partial charge < -0.3 is 9.15 Å². The number of nitrogens with zero attached hydrogens (tertiary/aromatic N) is 3. The lowest BCUT2D eigenvalue weighted by Gasteiger charge is -2.20. The van der Waals surface area contributed by atoms with Gasteiger partial charge in [0.1, 0.15) is 23.5 Å². The molecule has 22 heavy (non-hydrogen) atoms. The Morgan fingerprint density at radius 2 is 2.09 bits per heavy atom. The summed E-state index contributed by atoms with van der Waals surface area (Å²) in [5, 5.41) is 18.7. The van der Waals surface area contributed by atoms with Crippen LogP contribution < -0.4 is 4.74 Å². The third kappa shape index (κ3) is 2.23. The molecule has 0 saturated carbocycles. The molecule has 0 saturated heterocycles. The van der Waals surface area contributed by atoms with Crippen LogP contribution in [-0.4, -0.2) is 12.1 Å². The van der Waals surface area contributed by atoms with Crippen molar-refractivity contribution in [2.24, 2.45) is 0 Å². The molecule has 0 fully saturated rings. The van der Waals surface area contributed by atoms with Crippen molar-refractivity contribution in [3.05, 3.63) is 46.5 Å². The standard InChI is InChI=1S/C17H13N3O2/c1-21-17-15(10-19)14(9-18)13-6-2-4-11(16(13)20-17)8-12-5-3-7-22-12/h3,5,7-8H,2,4,6H2,1H3/b11-8+. The number of pyridine rings is 1. The van der Waals surface area contributed by atoms with Crippen molar-refractivity contribution < 1.29 is 9.15 Å². The molecule has 2 heterocycles. The molecule has 2 aromatic rings. The number of hydrogen-bond acceptors (Lipinski definition) is 5. The fraction of sp³-hybridized carbons (Fsp3) is 0.235. The van der Waals surface area contributed by atoms with Crippen molar-refractivity contribution in [3.63, 3.8) is 0 Å². The molecule has 108 valence electrons. The van der Waals surface area contributed by atoms with Crippen LogP contribution in [0.5, 0.6) is 5.88 Å². The summed E-state index contributed by atoms with van der Waals surface area (Å²) in [5.41, 5.74) is 3.13. The summed E-state index contributed by atoms with van der Waals surface area (Å²) >= 11 is 0. The number of furan rings is 1. The highest BCUT2D eigenvalue weighted by molar-refractivity contribution is 5.82. The van der Waals surface area contributed by atoms with Crippen LogP contribution >= 0.6 is 0 Å². The predicted molar refractivity (Wildman–Crippen MR) is 79.7 cm³/mol. The van der Waals surface area contributed by atoms with Gasteiger partial charge in [-0.3, -0.25) is 0 Å². The molecule has 0 aliphatic heterocycles. The lowest BCUT2D eigenvalue weighted by molar-refractivity contribution is 0.395. The number of aromatic nitrogens is 1. The molecular formula is C17H13N3O2. The summed E-state index contributed by atoms with van der Waals surface area (Å²) in [7, 11) is 1.45. The zero-order valence-electron chi connectivity index (χ0n) is 12.1. The Labute approximate surface area is 128 Å². The molecule has 0 radical (unpaired) electrons. The summed E-state index contributed by atoms with van der Waals surface area (Å²) in [6, 6.07) is 7.86. The molecule has 0 N–H and O–H groups in total. The average Bonchev–Trinajstić information content (AvgIpc) is 3.06. The van der Waals surface area contributed by atoms with Gasteiger partial charge in [0.15, 0.2) is 0 Å². The van der Waals surface area contributed by atoms with Gasteiger partial charge in [-0.2, -0.15) is 10.5 Å². The Morgan fingerprint density at radius 1 is 1.27 bits per heavy atom. The fourth-order valence-corrected chi connectivity index (χ4v) is 2.74. The van der Waals surface area contributed by atoms with E-state index in [-0.39, 0.29) is 11.4 Å². The molecule has 0 amide bonds. The van der Waals surface area contributed by atoms with E-state index in [0.717, 1.165) is 41.9 Å². The minimum atomic E-state index is 0.199. The lowest BCUT2D eigenvalue weighted by Crippen LogP contribution is -2.10. The zero-order valence-corrected chi connectivity index (χ0v) is 12.1. The van der Waals surface area contributed by atoms with Crippen molar-refractivity contribution in [3.8, 4) is 18.0 Å². The second kappa shape index (κ2) is 5.75. The third-order valence-electron chi connectivity index (χ3n) is 3.72. The highest BCUT2D eigenvalue weighted by Crippen LogP contribution is 2.36. The number of rotatable bonds is 2. The van der Waals surface area contributed by atoms with Crippen molar-refractivity contribution >= 4 is 11.6 Å². The first-order valence-corrected chi connectivity index (χ1v) is 6.94. The van der Waals surface area contributed by atoms with Crippen molar-refractivity contribution in [1.29, 1.82) is 10.5 Å². The average molecular weight is 291 g/mol. The normalized spacial score (nSPS) is 15.0. The van der Waals surface area contributed by atoms with Gasteiger partial charge in [0.2, 0.25) is 5.88 Å². The quantitative estimate of drug-likeness (QED) is 0.847. The maximum absolute atomic E-state index is 9.45. The monoisotopic (exact) mass is 291 g/mol. The SMILES string of the molecule is COc1nc2c(c(C#N)c1C#N)CCC/C2=C\c1ccco1. The van der Waals surface area contributed by atoms with Gasteiger partial charge in [0, 0.05) is 0 Å². The molecular weight excluding hydrogens is 278 g/mol. The minimum absolute atomic E-state index is 0.199. The highest BCUT2D eigenvalue weighted by Gasteiger charge is 2.25. The van der Waals surface area contributed by atoms with Crippen molar-refractivity contribution in [2.75, 3.05) is 7.11 Å². The molecule has 1 aliphatic carbocycles. The van der Waals surface area contributed by atoms with Crippen LogP contribution in [0.2, 0.25) is 0 Å². The minimum Gasteiger partial charge on any atom is -0.480 e. The molecule has 0 atom stereocenters. The van der Waals surface area contributed by atoms with E-state index in [1.807, 2.05) is 24.3 Å². The maximum atomic E-state index is 9.45. The van der Waals surface area contributed by atoms with E-state index in [1.165, 1.54) is 7.11 Å². The van der Waals surface area contributed by atoms with Crippen LogP contribution in [0.15, 0.2) is 22.8 Å². The summed E-state index contributed by atoms with van der Waals surface area (Å²) in [4.78, 5) is 4.47. The van der Waals surface area contributed by atoms with Crippen LogP contribution in [-0.2, 0) is 6.42 Å². The largest absolute Gasteiger partial charge is 0.480 e. The van der Waals surface area contributed by atoms with E-state index in [2.05, 4.69) is 11.1 Å². The molecule has 0 bridgehead atoms. The van der Waals surface area contributed by atoms with E-state index in [9.17, 15) is 10.5 Å². The van der Waals surface area contributed by atoms with Crippen molar-refractivity contribution in [2.45, 2.75) is 19.3 Å². The van der Waals surface area contributed by atoms with E-state index >= 15 is 0 Å². The summed E-state index contributed by atoms with van der Waals surface area (Å²) in [6.07, 6.45) is 6.04. The van der Waals surface area contributed by atoms with Gasteiger partial charge in [-0.05, 0) is 48.6 Å². The number of ether oxygens (including phenoxy) is 1. The topological polar surface area (TPSA) is 82.8 Å². The van der Waals surface area contributed by atoms with Gasteiger partial charge in [-0.25, -0.2) is 4.98 Å². The van der Waals surface area contributed by atoms with E-state index in [0.29, 0.717) is 5.56 Å². The molecule has 0 aromatic carbocycles. The Balaban J connectivity index is 2.24. The molecule has 0 spiro atoms. The number of nitriles is 2. The Kier molecular flexibility index (Phi) is 3.64. The van der Waals surface area contributed by atoms with E-state index < -0.39 is 0 Å². The summed E-state index contributed by atoms with van der Waals surface area (Å²) in [5.74, 6) is 0.941. The summed E-state index contributed by atoms with van der Waals surface area (Å²) in [6.45, 7) is 0. The highest BCUT2D eigenvalue weighted by atomic mass is 16.5. The van der Waals surface area contributed by atoms with Gasteiger partial charge in [0.25, 0.3) is 0 Å². The Hall–Kier alpha value is -3.05. The lowest BCUT2D eigenvalue weighted by atomic mass is 9.87. The second-order valence-electron chi connectivity index (χ2n) is 4.96. The van der Waals surface area contributed by atoms with Crippen LogP contribution in [0.1, 0.15) is 41.0 Å². The number of methoxy groups -OCH3 is 1. The maximum Gasteiger partial charge on any atom is 0.233 e. The molecule has 3 rings (SSSR count). The first kappa shape index (κ1) is 13.9. The van der Waals surface area contributed by atoms with Gasteiger partial charge in [0.05, 0.1) is 24.6 Å². The summed E-state index contributed by atoms with van der Waals surface area (Å²) < 4.78 is 10.5. The number of fused-ring (bicyclic) bond motifs is 1. The van der Waals surface area contributed by atoms with Crippen LogP contribution in [0.25, 0.3) is 11.6 Å². The molecule has 2 aromatic heterocycles. The Bertz CT molecular complexity index is 821. The second-order valence-corrected chi connectivity index (χ2v) is 4.96. The van der Waals surface area contributed by atoms with E-state index in [1.54, 1.807) is 6.26 Å². The molecule has 5 nitrogen and oxygen atoms in total. The van der Waals surface area contributed by atoms with Crippen LogP contribution in [0.4, 0.5) is 0 Å². The van der Waals surface area contributed by atoms with Crippen molar-refractivity contribution in [1.82, 2.24) is 4.98 Å². The fourth-order valence-electron chi connectivity index (χ4n) is 2.74. The number of allylic oxidation sites excluding steroid dienone is 1. The van der Waals surface area contributed by atoms with Gasteiger partial charge in [-0.15, -0.1) is 0 Å². The zero-order chi connectivity index (χ0) is 15.5. The molecule has 5 heteroatoms. The molecule has 1 aliphatic rings. The number of hydrogen-bond donors (Lipinski definition) is 0. The molecule has 0 unspecified atom stereocenters. The predicted octanol–water partition coefficient (Wildman–Crippen LogP) is 3.30. The van der Waals surface area contributed by atoms with Crippen LogP contribution in [0.3, 0.4) is 0 Å². The van der Waals surface area contributed by atoms with E-state index in [4.69, 9.17) is 9.15 Å². The van der Waals surface area contributed by atoms with Gasteiger partial charge >= 0.3 is 0 Å². The smallest absolute Gasteiger partial charge is 0.233 e. The Morgan fingerprint density at radius 3 is 2.73 bits per heavy atom. The first-order chi connectivity index (χ1) is 10.8. The van der Waals surface area contributed by atoms with Crippen LogP contribution in [0, 0.1) is 22.7 Å². The third-order valence-corrected chi connectivity index (χ3v) is 3.72.